The Morgan fingerprint density at radius 2 is 1.43 bits per heavy atom. The van der Waals surface area contributed by atoms with Crippen molar-refractivity contribution in [3.8, 4) is 0 Å². The molecule has 4 aliphatic carbocycles. The topological polar surface area (TPSA) is 27.7 Å². The predicted molar refractivity (Wildman–Crippen MR) is 196 cm³/mol. The number of allylic oxidation sites excluding steroid dienone is 1. The first-order chi connectivity index (χ1) is 22.2. The minimum absolute atomic E-state index is 0.440. The first-order valence-electron chi connectivity index (χ1n) is 20.7. The highest BCUT2D eigenvalue weighted by Crippen LogP contribution is 2.67. The predicted octanol–water partition coefficient (Wildman–Crippen LogP) is 12.2. The fourth-order valence-corrected chi connectivity index (χ4v) is 10.9. The van der Waals surface area contributed by atoms with Crippen molar-refractivity contribution < 1.29 is 14.2 Å². The van der Waals surface area contributed by atoms with E-state index in [4.69, 9.17) is 14.2 Å². The van der Waals surface area contributed by atoms with Gasteiger partial charge in [-0.15, -0.1) is 0 Å². The van der Waals surface area contributed by atoms with Crippen LogP contribution in [0.15, 0.2) is 11.6 Å². The van der Waals surface area contributed by atoms with Crippen LogP contribution in [0.25, 0.3) is 0 Å². The van der Waals surface area contributed by atoms with E-state index in [2.05, 4.69) is 54.5 Å². The number of hydrogen-bond acceptors (Lipinski definition) is 3. The molecule has 9 atom stereocenters. The summed E-state index contributed by atoms with van der Waals surface area (Å²) in [7, 11) is 0. The summed E-state index contributed by atoms with van der Waals surface area (Å²) in [6.07, 6.45) is 28.7. The Kier molecular flexibility index (Phi) is 16.0. The van der Waals surface area contributed by atoms with Crippen molar-refractivity contribution in [3.05, 3.63) is 11.6 Å². The highest BCUT2D eigenvalue weighted by molar-refractivity contribution is 5.25. The number of fused-ring (bicyclic) bond motifs is 5. The van der Waals surface area contributed by atoms with Crippen molar-refractivity contribution in [3.63, 3.8) is 0 Å². The molecule has 0 amide bonds. The molecule has 3 nitrogen and oxygen atoms in total. The SMILES string of the molecule is CCCCOCC(C)COCCCCCCCCOC1CC[C@@]2(C)C(=CC[C@H]3[C@@H]4CC[C@H]([C@H](C)CCCC(C)C)[C@@]4(C)CC[C@@H]32)C1. The van der Waals surface area contributed by atoms with Crippen LogP contribution in [0.5, 0.6) is 0 Å². The first kappa shape index (κ1) is 38.4. The quantitative estimate of drug-likeness (QED) is 0.0868. The van der Waals surface area contributed by atoms with Crippen LogP contribution in [0.1, 0.15) is 170 Å². The minimum Gasteiger partial charge on any atom is -0.381 e. The first-order valence-corrected chi connectivity index (χ1v) is 20.7. The lowest BCUT2D eigenvalue weighted by Gasteiger charge is -2.58. The van der Waals surface area contributed by atoms with Gasteiger partial charge >= 0.3 is 0 Å². The summed E-state index contributed by atoms with van der Waals surface area (Å²) < 4.78 is 18.1. The molecule has 0 N–H and O–H groups in total. The summed E-state index contributed by atoms with van der Waals surface area (Å²) >= 11 is 0. The number of rotatable bonds is 22. The molecule has 0 aromatic carbocycles. The van der Waals surface area contributed by atoms with Gasteiger partial charge in [0, 0.05) is 25.7 Å². The average Bonchev–Trinajstić information content (AvgIpc) is 3.39. The lowest BCUT2D eigenvalue weighted by Crippen LogP contribution is -2.51. The van der Waals surface area contributed by atoms with E-state index in [0.29, 0.717) is 22.9 Å². The van der Waals surface area contributed by atoms with Crippen LogP contribution in [0, 0.1) is 52.3 Å². The Balaban J connectivity index is 1.09. The Hall–Kier alpha value is -0.380. The lowest BCUT2D eigenvalue weighted by molar-refractivity contribution is -0.0641. The standard InChI is InChI=1S/C43H78O3/c1-8-9-27-44-31-34(4)32-45-28-14-12-10-11-13-15-29-46-37-23-25-42(6)36(30-37)19-20-38-40-22-21-39(35(5)18-16-17-33(2)3)43(40,7)26-24-41(38)42/h19,33-35,37-41H,8-18,20-32H2,1-7H3/t34?,35-,37?,38+,39-,40+,41+,42+,43-/m1/s1. The third-order valence-corrected chi connectivity index (χ3v) is 13.7. The minimum atomic E-state index is 0.440. The molecule has 268 valence electrons. The fraction of sp³-hybridized carbons (Fsp3) is 0.953. The molecule has 0 bridgehead atoms. The maximum atomic E-state index is 6.54. The second-order valence-electron chi connectivity index (χ2n) is 17.8. The molecule has 2 unspecified atom stereocenters. The molecule has 3 saturated carbocycles. The van der Waals surface area contributed by atoms with Gasteiger partial charge in [-0.05, 0) is 117 Å². The zero-order chi connectivity index (χ0) is 33.0. The molecular weight excluding hydrogens is 564 g/mol. The molecule has 0 saturated heterocycles. The molecule has 0 aliphatic heterocycles. The summed E-state index contributed by atoms with van der Waals surface area (Å²) in [6.45, 7) is 21.6. The summed E-state index contributed by atoms with van der Waals surface area (Å²) in [5, 5.41) is 0. The molecule has 4 aliphatic rings. The van der Waals surface area contributed by atoms with Crippen molar-refractivity contribution in [2.24, 2.45) is 52.3 Å². The van der Waals surface area contributed by atoms with Crippen LogP contribution < -0.4 is 0 Å². The molecule has 46 heavy (non-hydrogen) atoms. The van der Waals surface area contributed by atoms with Gasteiger partial charge < -0.3 is 14.2 Å². The number of ether oxygens (including phenoxy) is 3. The van der Waals surface area contributed by atoms with Crippen LogP contribution in [0.2, 0.25) is 0 Å². The van der Waals surface area contributed by atoms with Crippen molar-refractivity contribution in [2.75, 3.05) is 33.0 Å². The van der Waals surface area contributed by atoms with Crippen molar-refractivity contribution in [1.29, 1.82) is 0 Å². The van der Waals surface area contributed by atoms with E-state index in [1.165, 1.54) is 116 Å². The van der Waals surface area contributed by atoms with Crippen LogP contribution in [-0.2, 0) is 14.2 Å². The average molecular weight is 643 g/mol. The smallest absolute Gasteiger partial charge is 0.0612 e. The summed E-state index contributed by atoms with van der Waals surface area (Å²) in [5.74, 6) is 6.03. The van der Waals surface area contributed by atoms with E-state index in [9.17, 15) is 0 Å². The summed E-state index contributed by atoms with van der Waals surface area (Å²) in [6, 6.07) is 0. The maximum Gasteiger partial charge on any atom is 0.0612 e. The van der Waals surface area contributed by atoms with E-state index in [1.54, 1.807) is 5.57 Å². The van der Waals surface area contributed by atoms with Gasteiger partial charge in [-0.25, -0.2) is 0 Å². The molecule has 3 fully saturated rings. The largest absolute Gasteiger partial charge is 0.381 e. The molecule has 0 spiro atoms. The highest BCUT2D eigenvalue weighted by Gasteiger charge is 2.59. The van der Waals surface area contributed by atoms with E-state index in [0.717, 1.165) is 75.0 Å². The highest BCUT2D eigenvalue weighted by atomic mass is 16.5. The van der Waals surface area contributed by atoms with Crippen LogP contribution >= 0.6 is 0 Å². The zero-order valence-electron chi connectivity index (χ0n) is 31.9. The maximum absolute atomic E-state index is 6.54. The van der Waals surface area contributed by atoms with Crippen LogP contribution in [0.4, 0.5) is 0 Å². The fourth-order valence-electron chi connectivity index (χ4n) is 10.9. The third-order valence-electron chi connectivity index (χ3n) is 13.7. The Morgan fingerprint density at radius 3 is 2.15 bits per heavy atom. The summed E-state index contributed by atoms with van der Waals surface area (Å²) in [5.41, 5.74) is 2.82. The van der Waals surface area contributed by atoms with Gasteiger partial charge in [-0.3, -0.25) is 0 Å². The molecule has 0 radical (unpaired) electrons. The molecule has 0 heterocycles. The second kappa shape index (κ2) is 19.1. The van der Waals surface area contributed by atoms with Crippen LogP contribution in [-0.4, -0.2) is 39.1 Å². The van der Waals surface area contributed by atoms with Gasteiger partial charge in [-0.1, -0.05) is 111 Å². The Bertz CT molecular complexity index is 881. The summed E-state index contributed by atoms with van der Waals surface area (Å²) in [4.78, 5) is 0. The normalized spacial score (nSPS) is 33.7. The van der Waals surface area contributed by atoms with Gasteiger partial charge in [0.1, 0.15) is 0 Å². The van der Waals surface area contributed by atoms with Crippen molar-refractivity contribution >= 4 is 0 Å². The second-order valence-corrected chi connectivity index (χ2v) is 17.8. The molecule has 0 aromatic heterocycles. The molecule has 0 aromatic rings. The third kappa shape index (κ3) is 10.3. The Morgan fingerprint density at radius 1 is 0.739 bits per heavy atom. The van der Waals surface area contributed by atoms with Gasteiger partial charge in [-0.2, -0.15) is 0 Å². The van der Waals surface area contributed by atoms with Crippen LogP contribution in [0.3, 0.4) is 0 Å². The van der Waals surface area contributed by atoms with E-state index < -0.39 is 0 Å². The lowest BCUT2D eigenvalue weighted by atomic mass is 9.47. The van der Waals surface area contributed by atoms with E-state index in [-0.39, 0.29) is 0 Å². The zero-order valence-corrected chi connectivity index (χ0v) is 31.9. The number of unbranched alkanes of at least 4 members (excludes halogenated alkanes) is 6. The van der Waals surface area contributed by atoms with E-state index >= 15 is 0 Å². The van der Waals surface area contributed by atoms with Gasteiger partial charge in [0.2, 0.25) is 0 Å². The van der Waals surface area contributed by atoms with E-state index in [1.807, 2.05) is 0 Å². The van der Waals surface area contributed by atoms with Gasteiger partial charge in [0.15, 0.2) is 0 Å². The van der Waals surface area contributed by atoms with Gasteiger partial charge in [0.25, 0.3) is 0 Å². The molecule has 4 rings (SSSR count). The van der Waals surface area contributed by atoms with Crippen molar-refractivity contribution in [1.82, 2.24) is 0 Å². The monoisotopic (exact) mass is 643 g/mol. The molecular formula is C43H78O3. The van der Waals surface area contributed by atoms with Gasteiger partial charge in [0.05, 0.1) is 19.3 Å². The van der Waals surface area contributed by atoms with Crippen molar-refractivity contribution in [2.45, 2.75) is 177 Å². The number of hydrogen-bond donors (Lipinski definition) is 0. The Labute approximate surface area is 287 Å². The molecule has 3 heteroatoms.